The lowest BCUT2D eigenvalue weighted by molar-refractivity contribution is -0.144. The van der Waals surface area contributed by atoms with Gasteiger partial charge in [0.25, 0.3) is 0 Å². The summed E-state index contributed by atoms with van der Waals surface area (Å²) < 4.78 is 52.8. The smallest absolute Gasteiger partial charge is 0.370 e. The Hall–Kier alpha value is -1.46. The first-order valence-electron chi connectivity index (χ1n) is 5.82. The predicted molar refractivity (Wildman–Crippen MR) is 75.3 cm³/mol. The first-order chi connectivity index (χ1) is 9.79. The summed E-state index contributed by atoms with van der Waals surface area (Å²) in [4.78, 5) is 0. The summed E-state index contributed by atoms with van der Waals surface area (Å²) in [6, 6.07) is 7.48. The number of hydrogen-bond acceptors (Lipinski definition) is 1. The highest BCUT2D eigenvalue weighted by Gasteiger charge is 2.40. The van der Waals surface area contributed by atoms with Gasteiger partial charge in [-0.05, 0) is 17.7 Å². The van der Waals surface area contributed by atoms with Crippen molar-refractivity contribution in [3.8, 4) is 0 Å². The van der Waals surface area contributed by atoms with E-state index < -0.39 is 18.0 Å². The molecule has 2 aromatic carbocycles. The van der Waals surface area contributed by atoms with Gasteiger partial charge in [-0.15, -0.1) is 0 Å². The van der Waals surface area contributed by atoms with Gasteiger partial charge in [0.05, 0.1) is 10.0 Å². The fourth-order valence-corrected chi connectivity index (χ4v) is 2.29. The van der Waals surface area contributed by atoms with Crippen LogP contribution in [0.4, 0.5) is 23.2 Å². The maximum atomic E-state index is 13.3. The van der Waals surface area contributed by atoms with Crippen molar-refractivity contribution >= 4 is 28.9 Å². The molecule has 0 bridgehead atoms. The molecule has 0 saturated carbocycles. The molecule has 21 heavy (non-hydrogen) atoms. The van der Waals surface area contributed by atoms with Crippen LogP contribution in [0.3, 0.4) is 0 Å². The van der Waals surface area contributed by atoms with Crippen molar-refractivity contribution in [1.82, 2.24) is 0 Å². The number of nitrogens with one attached hydrogen (secondary N) is 1. The van der Waals surface area contributed by atoms with Crippen molar-refractivity contribution < 1.29 is 17.6 Å². The van der Waals surface area contributed by atoms with E-state index in [0.29, 0.717) is 0 Å². The van der Waals surface area contributed by atoms with Gasteiger partial charge in [-0.2, -0.15) is 13.2 Å². The molecule has 1 nitrogen and oxygen atoms in total. The van der Waals surface area contributed by atoms with Crippen molar-refractivity contribution in [3.63, 3.8) is 0 Å². The first-order valence-corrected chi connectivity index (χ1v) is 6.57. The summed E-state index contributed by atoms with van der Waals surface area (Å²) in [5.74, 6) is -0.868. The molecule has 0 radical (unpaired) electrons. The lowest BCUT2D eigenvalue weighted by atomic mass is 10.1. The average Bonchev–Trinajstić information content (AvgIpc) is 2.41. The molecule has 2 aromatic rings. The van der Waals surface area contributed by atoms with Crippen LogP contribution >= 0.6 is 23.2 Å². The molecular formula is C14H9Cl2F4N. The van der Waals surface area contributed by atoms with Gasteiger partial charge in [0.15, 0.2) is 5.82 Å². The molecule has 1 unspecified atom stereocenters. The summed E-state index contributed by atoms with van der Waals surface area (Å²) >= 11 is 11.2. The highest BCUT2D eigenvalue weighted by molar-refractivity contribution is 6.35. The number of hydrogen-bond donors (Lipinski definition) is 1. The molecule has 7 heteroatoms. The van der Waals surface area contributed by atoms with Crippen LogP contribution in [0.15, 0.2) is 42.5 Å². The van der Waals surface area contributed by atoms with Gasteiger partial charge in [-0.25, -0.2) is 4.39 Å². The molecule has 0 fully saturated rings. The summed E-state index contributed by atoms with van der Waals surface area (Å²) in [5, 5.41) is 1.59. The molecule has 0 aliphatic rings. The number of halogens is 6. The van der Waals surface area contributed by atoms with E-state index in [9.17, 15) is 17.6 Å². The van der Waals surface area contributed by atoms with Crippen LogP contribution in [0.1, 0.15) is 11.6 Å². The Morgan fingerprint density at radius 3 is 1.95 bits per heavy atom. The Morgan fingerprint density at radius 2 is 1.48 bits per heavy atom. The first kappa shape index (κ1) is 15.9. The molecule has 1 atom stereocenters. The molecule has 0 heterocycles. The van der Waals surface area contributed by atoms with Crippen molar-refractivity contribution in [3.05, 3.63) is 63.9 Å². The molecular weight excluding hydrogens is 329 g/mol. The van der Waals surface area contributed by atoms with E-state index in [1.165, 1.54) is 24.3 Å². The molecule has 0 spiro atoms. The van der Waals surface area contributed by atoms with E-state index in [4.69, 9.17) is 23.2 Å². The summed E-state index contributed by atoms with van der Waals surface area (Å²) in [5.41, 5.74) is 0.0131. The Balaban J connectivity index is 2.37. The molecule has 0 amide bonds. The molecule has 2 rings (SSSR count). The van der Waals surface area contributed by atoms with E-state index in [1.807, 2.05) is 0 Å². The maximum absolute atomic E-state index is 13.3. The monoisotopic (exact) mass is 337 g/mol. The normalized spacial score (nSPS) is 13.0. The lowest BCUT2D eigenvalue weighted by Gasteiger charge is -2.23. The summed E-state index contributed by atoms with van der Waals surface area (Å²) in [7, 11) is 0. The fraction of sp³-hybridized carbons (Fsp3) is 0.143. The van der Waals surface area contributed by atoms with Gasteiger partial charge in [0, 0.05) is 5.69 Å². The Labute approximate surface area is 128 Å². The Morgan fingerprint density at radius 1 is 0.952 bits per heavy atom. The molecule has 0 aliphatic carbocycles. The third kappa shape index (κ3) is 3.80. The van der Waals surface area contributed by atoms with Gasteiger partial charge >= 0.3 is 6.18 Å². The Kier molecular flexibility index (Phi) is 4.64. The van der Waals surface area contributed by atoms with E-state index >= 15 is 0 Å². The third-order valence-electron chi connectivity index (χ3n) is 2.76. The van der Waals surface area contributed by atoms with E-state index in [0.717, 1.165) is 12.1 Å². The number of rotatable bonds is 3. The van der Waals surface area contributed by atoms with Crippen molar-refractivity contribution in [2.45, 2.75) is 12.2 Å². The maximum Gasteiger partial charge on any atom is 0.412 e. The van der Waals surface area contributed by atoms with Crippen LogP contribution in [0, 0.1) is 5.82 Å². The van der Waals surface area contributed by atoms with Gasteiger partial charge < -0.3 is 5.32 Å². The zero-order valence-corrected chi connectivity index (χ0v) is 11.9. The van der Waals surface area contributed by atoms with Gasteiger partial charge in [-0.1, -0.05) is 53.5 Å². The van der Waals surface area contributed by atoms with Gasteiger partial charge in [0.2, 0.25) is 0 Å². The zero-order valence-electron chi connectivity index (χ0n) is 10.4. The number of alkyl halides is 3. The zero-order chi connectivity index (χ0) is 15.6. The minimum Gasteiger partial charge on any atom is -0.370 e. The lowest BCUT2D eigenvalue weighted by Crippen LogP contribution is -2.27. The van der Waals surface area contributed by atoms with Crippen LogP contribution in [-0.4, -0.2) is 6.18 Å². The largest absolute Gasteiger partial charge is 0.412 e. The molecule has 0 aromatic heterocycles. The minimum absolute atomic E-state index is 0.0161. The molecule has 0 aliphatic heterocycles. The quantitative estimate of drug-likeness (QED) is 0.547. The molecule has 0 saturated heterocycles. The Bertz CT molecular complexity index is 606. The van der Waals surface area contributed by atoms with Gasteiger partial charge in [0.1, 0.15) is 6.04 Å². The average molecular weight is 338 g/mol. The highest BCUT2D eigenvalue weighted by Crippen LogP contribution is 2.37. The van der Waals surface area contributed by atoms with E-state index in [1.54, 1.807) is 6.07 Å². The number of anilines is 1. The minimum atomic E-state index is -4.53. The van der Waals surface area contributed by atoms with Crippen molar-refractivity contribution in [1.29, 1.82) is 0 Å². The second kappa shape index (κ2) is 6.12. The van der Waals surface area contributed by atoms with Crippen LogP contribution in [0.25, 0.3) is 0 Å². The van der Waals surface area contributed by atoms with Crippen LogP contribution < -0.4 is 5.32 Å². The summed E-state index contributed by atoms with van der Waals surface area (Å²) in [6.45, 7) is 0. The predicted octanol–water partition coefficient (Wildman–Crippen LogP) is 5.85. The van der Waals surface area contributed by atoms with Gasteiger partial charge in [-0.3, -0.25) is 0 Å². The van der Waals surface area contributed by atoms with E-state index in [2.05, 4.69) is 5.32 Å². The van der Waals surface area contributed by atoms with Crippen LogP contribution in [0.5, 0.6) is 0 Å². The van der Waals surface area contributed by atoms with E-state index in [-0.39, 0.29) is 21.3 Å². The second-order valence-electron chi connectivity index (χ2n) is 4.28. The second-order valence-corrected chi connectivity index (χ2v) is 5.10. The van der Waals surface area contributed by atoms with Crippen molar-refractivity contribution in [2.24, 2.45) is 0 Å². The molecule has 112 valence electrons. The van der Waals surface area contributed by atoms with Crippen LogP contribution in [-0.2, 0) is 0 Å². The third-order valence-corrected chi connectivity index (χ3v) is 3.31. The standard InChI is InChI=1S/C14H9Cl2F4N/c15-10-6-9(7-11(16)12(10)17)21-13(14(18,19)20)8-4-2-1-3-5-8/h1-7,13,21H. The topological polar surface area (TPSA) is 12.0 Å². The van der Waals surface area contributed by atoms with Crippen LogP contribution in [0.2, 0.25) is 10.0 Å². The summed E-state index contributed by atoms with van der Waals surface area (Å²) in [6.07, 6.45) is -4.53. The number of benzene rings is 2. The SMILES string of the molecule is Fc1c(Cl)cc(NC(c2ccccc2)C(F)(F)F)cc1Cl. The van der Waals surface area contributed by atoms with Crippen molar-refractivity contribution in [2.75, 3.05) is 5.32 Å². The fourth-order valence-electron chi connectivity index (χ4n) is 1.81. The molecule has 1 N–H and O–H groups in total. The highest BCUT2D eigenvalue weighted by atomic mass is 35.5.